The molecule has 384 valence electrons. The number of nitrogens with one attached hydrogen (secondary N) is 4. The second kappa shape index (κ2) is 29.9. The summed E-state index contributed by atoms with van der Waals surface area (Å²) in [6.07, 6.45) is 4.56. The molecular formula is C47H94N6O12. The van der Waals surface area contributed by atoms with Gasteiger partial charge >= 0.3 is 6.09 Å². The van der Waals surface area contributed by atoms with Gasteiger partial charge in [0.2, 0.25) is 17.7 Å². The van der Waals surface area contributed by atoms with E-state index in [2.05, 4.69) is 21.4 Å². The molecule has 0 rings (SSSR count). The second-order valence-corrected chi connectivity index (χ2v) is 21.3. The highest BCUT2D eigenvalue weighted by Gasteiger charge is 2.28. The minimum absolute atomic E-state index is 0.0914. The Labute approximate surface area is 392 Å². The molecule has 0 saturated heterocycles. The molecule has 18 nitrogen and oxygen atoms in total. The van der Waals surface area contributed by atoms with E-state index in [1.807, 2.05) is 83.1 Å². The van der Waals surface area contributed by atoms with Crippen LogP contribution in [0.2, 0.25) is 0 Å². The predicted molar refractivity (Wildman–Crippen MR) is 253 cm³/mol. The molecule has 0 heterocycles. The molecule has 65 heavy (non-hydrogen) atoms. The number of hydrogen-bond donors (Lipinski definition) is 6. The lowest BCUT2D eigenvalue weighted by molar-refractivity contribution is -0.137. The summed E-state index contributed by atoms with van der Waals surface area (Å²) in [5.74, 6) is -0.973. The van der Waals surface area contributed by atoms with Crippen LogP contribution in [-0.4, -0.2) is 141 Å². The summed E-state index contributed by atoms with van der Waals surface area (Å²) in [7, 11) is 0. The van der Waals surface area contributed by atoms with Crippen LogP contribution in [0.25, 0.3) is 0 Å². The monoisotopic (exact) mass is 935 g/mol. The van der Waals surface area contributed by atoms with Gasteiger partial charge < -0.3 is 60.6 Å². The molecular weight excluding hydrogens is 841 g/mol. The Bertz CT molecular complexity index is 1370. The quantitative estimate of drug-likeness (QED) is 0.0340. The van der Waals surface area contributed by atoms with Crippen LogP contribution in [0.5, 0.6) is 0 Å². The van der Waals surface area contributed by atoms with Gasteiger partial charge in [-0.05, 0) is 175 Å². The zero-order valence-electron chi connectivity index (χ0n) is 43.3. The third-order valence-electron chi connectivity index (χ3n) is 10.4. The van der Waals surface area contributed by atoms with Gasteiger partial charge in [-0.3, -0.25) is 19.2 Å². The Hall–Kier alpha value is -2.68. The highest BCUT2D eigenvalue weighted by atomic mass is 16.7. The summed E-state index contributed by atoms with van der Waals surface area (Å²) < 4.78 is 41.1. The smallest absolute Gasteiger partial charge is 0.431 e. The van der Waals surface area contributed by atoms with E-state index in [-0.39, 0.29) is 49.4 Å². The summed E-state index contributed by atoms with van der Waals surface area (Å²) in [5, 5.41) is 8.73. The molecule has 4 amide bonds. The van der Waals surface area contributed by atoms with E-state index < -0.39 is 46.0 Å². The molecule has 8 N–H and O–H groups in total. The molecule has 18 heteroatoms. The lowest BCUT2D eigenvalue weighted by Gasteiger charge is -2.30. The number of unbranched alkanes of at least 4 members (excludes halogenated alkanes) is 1. The van der Waals surface area contributed by atoms with Crippen LogP contribution in [0.3, 0.4) is 0 Å². The van der Waals surface area contributed by atoms with Crippen molar-refractivity contribution in [1.82, 2.24) is 21.4 Å². The Kier molecular flexibility index (Phi) is 28.7. The van der Waals surface area contributed by atoms with Crippen molar-refractivity contribution in [2.75, 3.05) is 72.4 Å². The van der Waals surface area contributed by atoms with Gasteiger partial charge in [0.15, 0.2) is 0 Å². The first-order chi connectivity index (χ1) is 29.8. The van der Waals surface area contributed by atoms with Crippen LogP contribution in [0.4, 0.5) is 4.79 Å². The largest absolute Gasteiger partial charge is 0.442 e. The van der Waals surface area contributed by atoms with Gasteiger partial charge in [0.1, 0.15) is 24.9 Å². The van der Waals surface area contributed by atoms with Crippen molar-refractivity contribution in [3.05, 3.63) is 0 Å². The Balaban J connectivity index is 5.15. The fourth-order valence-corrected chi connectivity index (χ4v) is 6.00. The molecule has 0 spiro atoms. The van der Waals surface area contributed by atoms with Gasteiger partial charge in [-0.2, -0.15) is 5.48 Å². The van der Waals surface area contributed by atoms with Crippen LogP contribution in [0, 0.1) is 0 Å². The average Bonchev–Trinajstić information content (AvgIpc) is 3.14. The number of ether oxygens (including phenoxy) is 7. The molecule has 0 aliphatic rings. The van der Waals surface area contributed by atoms with Crippen molar-refractivity contribution in [3.63, 3.8) is 0 Å². The molecule has 0 fully saturated rings. The van der Waals surface area contributed by atoms with Gasteiger partial charge in [-0.1, -0.05) is 0 Å². The number of amides is 4. The van der Waals surface area contributed by atoms with Crippen molar-refractivity contribution >= 4 is 23.8 Å². The molecule has 0 aliphatic heterocycles. The summed E-state index contributed by atoms with van der Waals surface area (Å²) in [6.45, 7) is 31.9. The third-order valence-corrected chi connectivity index (χ3v) is 10.4. The topological polar surface area (TPSA) is 242 Å². The van der Waals surface area contributed by atoms with E-state index >= 15 is 0 Å². The fraction of sp³-hybridized carbons (Fsp3) is 0.915. The standard InChI is InChI=1S/C47H94N6O12/c1-41(2,3)65-40(57)53-64-33-32-61-45(10,11)22-29-60-44(8,9)21-28-51-39(56)36(52-38(55)35-63-47(14,15)24-31-59-43(6,7)20-26-49)18-16-17-27-50-37(54)34-62-46(12,13)23-30-58-42(4,5)19-25-48/h36H,16-35,48-49H2,1-15H3,(H,50,54)(H,51,56)(H,52,55)(H,53,57)/t36-/m0/s1. The van der Waals surface area contributed by atoms with E-state index in [1.165, 1.54) is 0 Å². The third kappa shape index (κ3) is 35.2. The lowest BCUT2D eigenvalue weighted by atomic mass is 10.0. The van der Waals surface area contributed by atoms with E-state index in [0.29, 0.717) is 90.9 Å². The summed E-state index contributed by atoms with van der Waals surface area (Å²) in [6, 6.07) is -0.822. The molecule has 0 bridgehead atoms. The molecule has 0 unspecified atom stereocenters. The molecule has 0 saturated carbocycles. The Morgan fingerprint density at radius 3 is 1.38 bits per heavy atom. The fourth-order valence-electron chi connectivity index (χ4n) is 6.00. The Morgan fingerprint density at radius 1 is 0.477 bits per heavy atom. The number of hydrogen-bond acceptors (Lipinski definition) is 14. The van der Waals surface area contributed by atoms with Gasteiger partial charge in [0.05, 0.1) is 66.6 Å². The first-order valence-electron chi connectivity index (χ1n) is 23.5. The number of carbonyl (C=O) groups excluding carboxylic acids is 4. The van der Waals surface area contributed by atoms with E-state index in [9.17, 15) is 19.2 Å². The van der Waals surface area contributed by atoms with Crippen LogP contribution in [0.1, 0.15) is 162 Å². The maximum atomic E-state index is 13.6. The number of carbonyl (C=O) groups is 4. The van der Waals surface area contributed by atoms with Crippen molar-refractivity contribution < 1.29 is 57.2 Å². The van der Waals surface area contributed by atoms with Crippen LogP contribution >= 0.6 is 0 Å². The molecule has 0 aliphatic carbocycles. The first-order valence-corrected chi connectivity index (χ1v) is 23.5. The SMILES string of the molecule is CC(C)(C)OC(=O)NOCCOC(C)(C)CCOC(C)(C)CCNC(=O)[C@H](CCCCNC(=O)COC(C)(C)CCOC(C)(C)CCN)NC(=O)COC(C)(C)CCOC(C)(C)CCN. The van der Waals surface area contributed by atoms with Crippen LogP contribution in [0.15, 0.2) is 0 Å². The van der Waals surface area contributed by atoms with Crippen molar-refractivity contribution in [2.45, 2.75) is 207 Å². The van der Waals surface area contributed by atoms with Crippen molar-refractivity contribution in [1.29, 1.82) is 0 Å². The molecule has 0 radical (unpaired) electrons. The van der Waals surface area contributed by atoms with Crippen molar-refractivity contribution in [2.24, 2.45) is 11.5 Å². The normalized spacial score (nSPS) is 13.6. The zero-order chi connectivity index (χ0) is 50.0. The highest BCUT2D eigenvalue weighted by molar-refractivity contribution is 5.88. The van der Waals surface area contributed by atoms with E-state index in [4.69, 9.17) is 49.5 Å². The van der Waals surface area contributed by atoms with Gasteiger partial charge in [-0.15, -0.1) is 0 Å². The number of rotatable bonds is 37. The number of nitrogens with two attached hydrogens (primary N) is 2. The maximum Gasteiger partial charge on any atom is 0.431 e. The van der Waals surface area contributed by atoms with Gasteiger partial charge in [0, 0.05) is 13.1 Å². The minimum Gasteiger partial charge on any atom is -0.442 e. The maximum absolute atomic E-state index is 13.6. The molecule has 0 aromatic heterocycles. The predicted octanol–water partition coefficient (Wildman–Crippen LogP) is 5.36. The second-order valence-electron chi connectivity index (χ2n) is 21.3. The summed E-state index contributed by atoms with van der Waals surface area (Å²) in [5.41, 5.74) is 10.0. The summed E-state index contributed by atoms with van der Waals surface area (Å²) >= 11 is 0. The zero-order valence-corrected chi connectivity index (χ0v) is 43.3. The molecule has 0 aromatic rings. The first kappa shape index (κ1) is 62.3. The Morgan fingerprint density at radius 2 is 0.908 bits per heavy atom. The van der Waals surface area contributed by atoms with Crippen LogP contribution < -0.4 is 32.9 Å². The van der Waals surface area contributed by atoms with E-state index in [1.54, 1.807) is 20.8 Å². The number of hydroxylamine groups is 1. The van der Waals surface area contributed by atoms with Gasteiger partial charge in [-0.25, -0.2) is 4.79 Å². The highest BCUT2D eigenvalue weighted by Crippen LogP contribution is 2.22. The lowest BCUT2D eigenvalue weighted by Crippen LogP contribution is -2.49. The van der Waals surface area contributed by atoms with Crippen LogP contribution in [-0.2, 0) is 52.4 Å². The molecule has 0 aromatic carbocycles. The summed E-state index contributed by atoms with van der Waals surface area (Å²) in [4.78, 5) is 56.3. The minimum atomic E-state index is -0.822. The average molecular weight is 935 g/mol. The van der Waals surface area contributed by atoms with Crippen molar-refractivity contribution in [3.8, 4) is 0 Å². The molecule has 1 atom stereocenters. The van der Waals surface area contributed by atoms with Gasteiger partial charge in [0.25, 0.3) is 0 Å². The van der Waals surface area contributed by atoms with E-state index in [0.717, 1.165) is 12.8 Å².